The Morgan fingerprint density at radius 2 is 2.20 bits per heavy atom. The quantitative estimate of drug-likeness (QED) is 0.924. The highest BCUT2D eigenvalue weighted by Gasteiger charge is 2.27. The van der Waals surface area contributed by atoms with Crippen LogP contribution in [0.4, 0.5) is 4.79 Å². The molecule has 0 spiro atoms. The maximum atomic E-state index is 12.6. The van der Waals surface area contributed by atoms with Gasteiger partial charge in [0, 0.05) is 43.8 Å². The van der Waals surface area contributed by atoms with Crippen LogP contribution in [0, 0.1) is 6.92 Å². The largest absolute Gasteiger partial charge is 0.372 e. The van der Waals surface area contributed by atoms with Crippen molar-refractivity contribution < 1.29 is 9.53 Å². The summed E-state index contributed by atoms with van der Waals surface area (Å²) in [7, 11) is 0. The van der Waals surface area contributed by atoms with Gasteiger partial charge in [0.15, 0.2) is 0 Å². The Bertz CT molecular complexity index is 730. The van der Waals surface area contributed by atoms with Crippen LogP contribution in [0.2, 0.25) is 0 Å². The molecule has 7 heteroatoms. The molecule has 2 atom stereocenters. The van der Waals surface area contributed by atoms with E-state index in [9.17, 15) is 4.79 Å². The van der Waals surface area contributed by atoms with Gasteiger partial charge in [0.25, 0.3) is 0 Å². The van der Waals surface area contributed by atoms with Crippen molar-refractivity contribution >= 4 is 6.03 Å². The lowest BCUT2D eigenvalue weighted by molar-refractivity contribution is -0.0646. The molecule has 1 aliphatic heterocycles. The van der Waals surface area contributed by atoms with Crippen LogP contribution in [0.1, 0.15) is 31.7 Å². The fourth-order valence-electron chi connectivity index (χ4n) is 3.11. The summed E-state index contributed by atoms with van der Waals surface area (Å²) >= 11 is 0. The molecule has 1 N–H and O–H groups in total. The predicted octanol–water partition coefficient (Wildman–Crippen LogP) is 2.28. The lowest BCUT2D eigenvalue weighted by atomic mass is 10.2. The molecule has 0 bridgehead atoms. The molecular formula is C18H25N5O2. The Kier molecular flexibility index (Phi) is 5.33. The third-order valence-corrected chi connectivity index (χ3v) is 4.42. The van der Waals surface area contributed by atoms with Crippen LogP contribution < -0.4 is 5.32 Å². The lowest BCUT2D eigenvalue weighted by Crippen LogP contribution is -2.52. The number of nitrogens with zero attached hydrogens (tertiary/aromatic N) is 4. The number of aromatic nitrogens is 3. The summed E-state index contributed by atoms with van der Waals surface area (Å²) in [5.41, 5.74) is 0.949. The zero-order valence-corrected chi connectivity index (χ0v) is 15.0. The first-order chi connectivity index (χ1) is 12.1. The molecule has 2 aromatic heterocycles. The highest BCUT2D eigenvalue weighted by molar-refractivity contribution is 5.74. The van der Waals surface area contributed by atoms with Crippen molar-refractivity contribution in [3.63, 3.8) is 0 Å². The van der Waals surface area contributed by atoms with E-state index in [1.165, 1.54) is 0 Å². The first-order valence-electron chi connectivity index (χ1n) is 8.71. The van der Waals surface area contributed by atoms with E-state index >= 15 is 0 Å². The second kappa shape index (κ2) is 7.65. The van der Waals surface area contributed by atoms with E-state index in [0.29, 0.717) is 19.6 Å². The molecule has 3 rings (SSSR count). The fourth-order valence-corrected chi connectivity index (χ4v) is 3.11. The Morgan fingerprint density at radius 1 is 1.36 bits per heavy atom. The van der Waals surface area contributed by atoms with Gasteiger partial charge >= 0.3 is 6.03 Å². The molecule has 0 aromatic carbocycles. The third-order valence-electron chi connectivity index (χ3n) is 4.42. The van der Waals surface area contributed by atoms with Gasteiger partial charge in [-0.3, -0.25) is 4.57 Å². The number of morpholine rings is 1. The predicted molar refractivity (Wildman–Crippen MR) is 94.5 cm³/mol. The van der Waals surface area contributed by atoms with Crippen LogP contribution in [-0.4, -0.2) is 50.8 Å². The topological polar surface area (TPSA) is 72.3 Å². The van der Waals surface area contributed by atoms with Gasteiger partial charge < -0.3 is 15.0 Å². The molecule has 134 valence electrons. The number of carbonyl (C=O) groups excluding carboxylic acids is 1. The van der Waals surface area contributed by atoms with Crippen LogP contribution in [0.5, 0.6) is 0 Å². The van der Waals surface area contributed by atoms with Crippen molar-refractivity contribution in [3.8, 4) is 5.82 Å². The molecule has 1 fully saturated rings. The number of amides is 2. The summed E-state index contributed by atoms with van der Waals surface area (Å²) in [6.07, 6.45) is 6.44. The monoisotopic (exact) mass is 343 g/mol. The number of hydrogen-bond donors (Lipinski definition) is 1. The highest BCUT2D eigenvalue weighted by Crippen LogP contribution is 2.15. The molecule has 25 heavy (non-hydrogen) atoms. The van der Waals surface area contributed by atoms with E-state index in [1.807, 2.05) is 41.6 Å². The van der Waals surface area contributed by atoms with Gasteiger partial charge in [0.05, 0.1) is 12.2 Å². The second-order valence-corrected chi connectivity index (χ2v) is 6.37. The molecule has 7 nitrogen and oxygen atoms in total. The SMILES string of the molecule is CC[C@H]1CN(C(=O)NCc2cccnc2-n2ccnc2C)C[C@@H](C)O1. The molecule has 0 aliphatic carbocycles. The van der Waals surface area contributed by atoms with Gasteiger partial charge in [-0.15, -0.1) is 0 Å². The van der Waals surface area contributed by atoms with Crippen LogP contribution in [0.15, 0.2) is 30.7 Å². The van der Waals surface area contributed by atoms with E-state index in [2.05, 4.69) is 22.2 Å². The van der Waals surface area contributed by atoms with Crippen LogP contribution in [0.25, 0.3) is 5.82 Å². The molecule has 2 aromatic rings. The van der Waals surface area contributed by atoms with Crippen molar-refractivity contribution in [2.75, 3.05) is 13.1 Å². The molecule has 0 unspecified atom stereocenters. The van der Waals surface area contributed by atoms with Crippen LogP contribution >= 0.6 is 0 Å². The van der Waals surface area contributed by atoms with E-state index in [1.54, 1.807) is 12.4 Å². The maximum Gasteiger partial charge on any atom is 0.317 e. The number of aryl methyl sites for hydroxylation is 1. The summed E-state index contributed by atoms with van der Waals surface area (Å²) in [4.78, 5) is 23.1. The van der Waals surface area contributed by atoms with Crippen molar-refractivity contribution in [2.24, 2.45) is 0 Å². The Balaban J connectivity index is 1.68. The lowest BCUT2D eigenvalue weighted by Gasteiger charge is -2.36. The minimum Gasteiger partial charge on any atom is -0.372 e. The van der Waals surface area contributed by atoms with Gasteiger partial charge in [-0.2, -0.15) is 0 Å². The molecule has 1 saturated heterocycles. The molecule has 2 amide bonds. The number of ether oxygens (including phenoxy) is 1. The smallest absolute Gasteiger partial charge is 0.317 e. The number of rotatable bonds is 4. The number of pyridine rings is 1. The number of urea groups is 1. The van der Waals surface area contributed by atoms with Gasteiger partial charge in [0.1, 0.15) is 11.6 Å². The average molecular weight is 343 g/mol. The number of hydrogen-bond acceptors (Lipinski definition) is 4. The van der Waals surface area contributed by atoms with Gasteiger partial charge in [0.2, 0.25) is 0 Å². The minimum absolute atomic E-state index is 0.0620. The summed E-state index contributed by atoms with van der Waals surface area (Å²) in [5, 5.41) is 3.01. The Hall–Kier alpha value is -2.41. The number of nitrogens with one attached hydrogen (secondary N) is 1. The van der Waals surface area contributed by atoms with Crippen molar-refractivity contribution in [1.29, 1.82) is 0 Å². The Labute approximate surface area is 148 Å². The zero-order chi connectivity index (χ0) is 17.8. The van der Waals surface area contributed by atoms with Gasteiger partial charge in [-0.25, -0.2) is 14.8 Å². The van der Waals surface area contributed by atoms with Crippen molar-refractivity contribution in [2.45, 2.75) is 45.9 Å². The molecule has 3 heterocycles. The van der Waals surface area contributed by atoms with E-state index in [-0.39, 0.29) is 18.2 Å². The van der Waals surface area contributed by atoms with Crippen molar-refractivity contribution in [3.05, 3.63) is 42.1 Å². The highest BCUT2D eigenvalue weighted by atomic mass is 16.5. The summed E-state index contributed by atoms with van der Waals surface area (Å²) < 4.78 is 7.74. The average Bonchev–Trinajstić information content (AvgIpc) is 3.05. The number of carbonyl (C=O) groups is 1. The van der Waals surface area contributed by atoms with Gasteiger partial charge in [-0.1, -0.05) is 13.0 Å². The zero-order valence-electron chi connectivity index (χ0n) is 15.0. The molecule has 0 radical (unpaired) electrons. The van der Waals surface area contributed by atoms with Crippen LogP contribution in [0.3, 0.4) is 0 Å². The van der Waals surface area contributed by atoms with Crippen molar-refractivity contribution in [1.82, 2.24) is 24.8 Å². The Morgan fingerprint density at radius 3 is 2.92 bits per heavy atom. The molecular weight excluding hydrogens is 318 g/mol. The minimum atomic E-state index is -0.0641. The fraction of sp³-hybridized carbons (Fsp3) is 0.500. The summed E-state index contributed by atoms with van der Waals surface area (Å²) in [6.45, 7) is 7.67. The van der Waals surface area contributed by atoms with E-state index < -0.39 is 0 Å². The summed E-state index contributed by atoms with van der Waals surface area (Å²) in [5.74, 6) is 1.65. The maximum absolute atomic E-state index is 12.6. The first kappa shape index (κ1) is 17.4. The molecule has 1 aliphatic rings. The van der Waals surface area contributed by atoms with Crippen LogP contribution in [-0.2, 0) is 11.3 Å². The second-order valence-electron chi connectivity index (χ2n) is 6.37. The van der Waals surface area contributed by atoms with Gasteiger partial charge in [-0.05, 0) is 26.3 Å². The normalized spacial score (nSPS) is 20.5. The molecule has 0 saturated carbocycles. The summed E-state index contributed by atoms with van der Waals surface area (Å²) in [6, 6.07) is 3.78. The number of imidazole rings is 1. The first-order valence-corrected chi connectivity index (χ1v) is 8.71. The third kappa shape index (κ3) is 3.99. The standard InChI is InChI=1S/C18H25N5O2/c1-4-16-12-22(11-13(2)25-16)18(24)21-10-15-6-5-7-20-17(15)23-9-8-19-14(23)3/h5-9,13,16H,4,10-12H2,1-3H3,(H,21,24)/t13-,16+/m1/s1. The van der Waals surface area contributed by atoms with E-state index in [0.717, 1.165) is 23.6 Å². The van der Waals surface area contributed by atoms with E-state index in [4.69, 9.17) is 4.74 Å².